The summed E-state index contributed by atoms with van der Waals surface area (Å²) in [6.07, 6.45) is 7.29. The molecule has 0 fully saturated rings. The molecule has 0 unspecified atom stereocenters. The van der Waals surface area contributed by atoms with Crippen LogP contribution >= 0.6 is 11.6 Å². The van der Waals surface area contributed by atoms with Crippen molar-refractivity contribution < 1.29 is 0 Å². The highest BCUT2D eigenvalue weighted by atomic mass is 35.5. The van der Waals surface area contributed by atoms with Gasteiger partial charge in [-0.25, -0.2) is 14.6 Å². The van der Waals surface area contributed by atoms with Gasteiger partial charge in [-0.05, 0) is 24.6 Å². The fourth-order valence-electron chi connectivity index (χ4n) is 3.29. The van der Waals surface area contributed by atoms with Crippen molar-refractivity contribution >= 4 is 11.6 Å². The Morgan fingerprint density at radius 1 is 1.16 bits per heavy atom. The van der Waals surface area contributed by atoms with Crippen LogP contribution in [0.15, 0.2) is 43.1 Å². The van der Waals surface area contributed by atoms with Crippen molar-refractivity contribution in [2.24, 2.45) is 0 Å². The van der Waals surface area contributed by atoms with E-state index in [-0.39, 0.29) is 0 Å². The van der Waals surface area contributed by atoms with E-state index in [2.05, 4.69) is 24.7 Å². The lowest BCUT2D eigenvalue weighted by atomic mass is 10.1. The summed E-state index contributed by atoms with van der Waals surface area (Å²) in [6, 6.07) is 5.85. The lowest BCUT2D eigenvalue weighted by Gasteiger charge is -2.13. The minimum Gasteiger partial charge on any atom is -0.296 e. The zero-order valence-corrected chi connectivity index (χ0v) is 14.2. The molecule has 0 saturated heterocycles. The van der Waals surface area contributed by atoms with Gasteiger partial charge in [0.15, 0.2) is 5.82 Å². The summed E-state index contributed by atoms with van der Waals surface area (Å²) in [6.45, 7) is 3.19. The van der Waals surface area contributed by atoms with Gasteiger partial charge in [-0.15, -0.1) is 0 Å². The molecule has 7 nitrogen and oxygen atoms in total. The molecule has 0 spiro atoms. The molecule has 8 heteroatoms. The normalized spacial score (nSPS) is 12.4. The topological polar surface area (TPSA) is 66.3 Å². The molecule has 5 rings (SSSR count). The van der Waals surface area contributed by atoms with Crippen molar-refractivity contribution in [3.63, 3.8) is 0 Å². The first-order chi connectivity index (χ1) is 12.2. The molecule has 3 aromatic heterocycles. The first-order valence-corrected chi connectivity index (χ1v) is 8.30. The molecule has 0 N–H and O–H groups in total. The van der Waals surface area contributed by atoms with E-state index in [1.54, 1.807) is 6.33 Å². The number of nitrogens with zero attached hydrogens (tertiary/aromatic N) is 7. The van der Waals surface area contributed by atoms with E-state index in [0.717, 1.165) is 34.2 Å². The zero-order chi connectivity index (χ0) is 17.0. The van der Waals surface area contributed by atoms with Gasteiger partial charge in [0.25, 0.3) is 0 Å². The number of benzene rings is 1. The minimum absolute atomic E-state index is 0.579. The summed E-state index contributed by atoms with van der Waals surface area (Å²) in [5, 5.41) is 9.36. The van der Waals surface area contributed by atoms with E-state index in [1.807, 2.05) is 53.1 Å². The van der Waals surface area contributed by atoms with Crippen molar-refractivity contribution in [1.29, 1.82) is 0 Å². The Kier molecular flexibility index (Phi) is 3.05. The number of aryl methyl sites for hydroxylation is 1. The van der Waals surface area contributed by atoms with Gasteiger partial charge in [0.05, 0.1) is 47.5 Å². The number of hydrogen-bond donors (Lipinski definition) is 0. The third-order valence-corrected chi connectivity index (χ3v) is 4.67. The quantitative estimate of drug-likeness (QED) is 0.490. The number of halogens is 1. The van der Waals surface area contributed by atoms with E-state index < -0.39 is 0 Å². The van der Waals surface area contributed by atoms with Crippen LogP contribution in [-0.4, -0.2) is 34.1 Å². The Morgan fingerprint density at radius 3 is 2.92 bits per heavy atom. The van der Waals surface area contributed by atoms with Crippen LogP contribution in [0.5, 0.6) is 0 Å². The highest BCUT2D eigenvalue weighted by Gasteiger charge is 2.25. The van der Waals surface area contributed by atoms with Crippen LogP contribution in [0, 0.1) is 6.92 Å². The van der Waals surface area contributed by atoms with Crippen molar-refractivity contribution in [3.05, 3.63) is 65.2 Å². The summed E-state index contributed by atoms with van der Waals surface area (Å²) in [7, 11) is 0. The highest BCUT2D eigenvalue weighted by molar-refractivity contribution is 6.33. The summed E-state index contributed by atoms with van der Waals surface area (Å²) in [5.74, 6) is 1.66. The molecule has 0 aliphatic carbocycles. The Balaban J connectivity index is 1.73. The molecule has 124 valence electrons. The van der Waals surface area contributed by atoms with Crippen molar-refractivity contribution in [1.82, 2.24) is 34.1 Å². The summed E-state index contributed by atoms with van der Waals surface area (Å²) < 4.78 is 5.87. The first kappa shape index (κ1) is 14.4. The van der Waals surface area contributed by atoms with Crippen LogP contribution in [0.1, 0.15) is 17.1 Å². The maximum absolute atomic E-state index is 6.52. The highest BCUT2D eigenvalue weighted by Crippen LogP contribution is 2.36. The van der Waals surface area contributed by atoms with Crippen LogP contribution in [0.25, 0.3) is 17.1 Å². The van der Waals surface area contributed by atoms with Gasteiger partial charge in [-0.3, -0.25) is 9.25 Å². The molecule has 0 bridgehead atoms. The number of fused-ring (bicyclic) bond motifs is 5. The van der Waals surface area contributed by atoms with E-state index in [0.29, 0.717) is 18.1 Å². The molecular formula is C17H14ClN7. The molecule has 1 aromatic carbocycles. The SMILES string of the molecule is Cc1cnn(Cc2ncc3n2-c2cccc(Cl)c2-c2ncnn2C3)c1. The maximum Gasteiger partial charge on any atom is 0.162 e. The molecule has 25 heavy (non-hydrogen) atoms. The number of hydrogen-bond acceptors (Lipinski definition) is 4. The van der Waals surface area contributed by atoms with Gasteiger partial charge in [-0.2, -0.15) is 10.2 Å². The largest absolute Gasteiger partial charge is 0.296 e. The van der Waals surface area contributed by atoms with Crippen molar-refractivity contribution in [2.45, 2.75) is 20.0 Å². The van der Waals surface area contributed by atoms with E-state index in [4.69, 9.17) is 11.6 Å². The Labute approximate surface area is 148 Å². The standard InChI is InChI=1S/C17H14ClN7/c1-11-5-21-23(7-11)9-15-19-6-12-8-24-17(20-10-22-24)16-13(18)3-2-4-14(16)25(12)15/h2-7,10H,8-9H2,1H3. The summed E-state index contributed by atoms with van der Waals surface area (Å²) in [5.41, 5.74) is 3.99. The fraction of sp³-hybridized carbons (Fsp3) is 0.176. The average molecular weight is 352 g/mol. The second-order valence-electron chi connectivity index (χ2n) is 6.09. The van der Waals surface area contributed by atoms with Gasteiger partial charge in [0.2, 0.25) is 0 Å². The van der Waals surface area contributed by atoms with Crippen LogP contribution in [0.2, 0.25) is 5.02 Å². The third-order valence-electron chi connectivity index (χ3n) is 4.36. The number of rotatable bonds is 2. The molecule has 0 radical (unpaired) electrons. The van der Waals surface area contributed by atoms with Crippen LogP contribution in [0.4, 0.5) is 0 Å². The van der Waals surface area contributed by atoms with Gasteiger partial charge in [-0.1, -0.05) is 17.7 Å². The summed E-state index contributed by atoms with van der Waals surface area (Å²) >= 11 is 6.52. The van der Waals surface area contributed by atoms with Crippen LogP contribution in [-0.2, 0) is 13.1 Å². The van der Waals surface area contributed by atoms with Crippen molar-refractivity contribution in [3.8, 4) is 17.1 Å². The van der Waals surface area contributed by atoms with Gasteiger partial charge in [0.1, 0.15) is 12.2 Å². The van der Waals surface area contributed by atoms with E-state index in [1.165, 1.54) is 0 Å². The molecule has 0 saturated carbocycles. The first-order valence-electron chi connectivity index (χ1n) is 7.92. The summed E-state index contributed by atoms with van der Waals surface area (Å²) in [4.78, 5) is 9.04. The van der Waals surface area contributed by atoms with Crippen molar-refractivity contribution in [2.75, 3.05) is 0 Å². The van der Waals surface area contributed by atoms with Crippen LogP contribution < -0.4 is 0 Å². The second kappa shape index (κ2) is 5.29. The molecule has 4 heterocycles. The van der Waals surface area contributed by atoms with Gasteiger partial charge >= 0.3 is 0 Å². The van der Waals surface area contributed by atoms with Gasteiger partial charge in [0, 0.05) is 6.20 Å². The molecular weight excluding hydrogens is 338 g/mol. The predicted molar refractivity (Wildman–Crippen MR) is 92.8 cm³/mol. The Hall–Kier alpha value is -2.93. The molecule has 4 aromatic rings. The van der Waals surface area contributed by atoms with E-state index >= 15 is 0 Å². The number of imidazole rings is 1. The third kappa shape index (κ3) is 2.20. The monoisotopic (exact) mass is 351 g/mol. The smallest absolute Gasteiger partial charge is 0.162 e. The maximum atomic E-state index is 6.52. The lowest BCUT2D eigenvalue weighted by Crippen LogP contribution is -2.10. The lowest BCUT2D eigenvalue weighted by molar-refractivity contribution is 0.633. The molecule has 0 amide bonds. The second-order valence-corrected chi connectivity index (χ2v) is 6.50. The number of aromatic nitrogens is 7. The Bertz CT molecular complexity index is 1090. The predicted octanol–water partition coefficient (Wildman–Crippen LogP) is 2.70. The molecule has 0 atom stereocenters. The fourth-order valence-corrected chi connectivity index (χ4v) is 3.55. The van der Waals surface area contributed by atoms with Crippen LogP contribution in [0.3, 0.4) is 0 Å². The Morgan fingerprint density at radius 2 is 2.08 bits per heavy atom. The van der Waals surface area contributed by atoms with Gasteiger partial charge < -0.3 is 0 Å². The zero-order valence-electron chi connectivity index (χ0n) is 13.5. The van der Waals surface area contributed by atoms with E-state index in [9.17, 15) is 0 Å². The minimum atomic E-state index is 0.579. The average Bonchev–Trinajstić information content (AvgIpc) is 3.28. The molecule has 1 aliphatic heterocycles. The molecule has 1 aliphatic rings.